The van der Waals surface area contributed by atoms with E-state index in [0.717, 1.165) is 34.9 Å². The van der Waals surface area contributed by atoms with Crippen molar-refractivity contribution in [2.24, 2.45) is 5.92 Å². The maximum absolute atomic E-state index is 12.9. The number of carbonyl (C=O) groups excluding carboxylic acids is 2. The maximum Gasteiger partial charge on any atom is 0.337 e. The lowest BCUT2D eigenvalue weighted by atomic mass is 10.0. The van der Waals surface area contributed by atoms with Crippen LogP contribution in [0.15, 0.2) is 42.6 Å². The number of benzene rings is 2. The highest BCUT2D eigenvalue weighted by atomic mass is 16.5. The smallest absolute Gasteiger partial charge is 0.337 e. The monoisotopic (exact) mass is 464 g/mol. The van der Waals surface area contributed by atoms with Crippen LogP contribution in [-0.4, -0.2) is 37.2 Å². The molecule has 1 N–H and O–H groups in total. The van der Waals surface area contributed by atoms with E-state index in [1.807, 2.05) is 24.3 Å². The predicted molar refractivity (Wildman–Crippen MR) is 136 cm³/mol. The van der Waals surface area contributed by atoms with Crippen molar-refractivity contribution in [3.05, 3.63) is 64.8 Å². The normalized spacial score (nSPS) is 11.3. The Bertz CT molecular complexity index is 1160. The topological polar surface area (TPSA) is 69.6 Å². The van der Waals surface area contributed by atoms with Gasteiger partial charge >= 0.3 is 5.97 Å². The molecule has 6 heteroatoms. The Morgan fingerprint density at radius 1 is 0.971 bits per heavy atom. The van der Waals surface area contributed by atoms with Gasteiger partial charge in [-0.25, -0.2) is 4.79 Å². The maximum atomic E-state index is 12.9. The van der Waals surface area contributed by atoms with Crippen LogP contribution in [0.2, 0.25) is 0 Å². The summed E-state index contributed by atoms with van der Waals surface area (Å²) in [6.07, 6.45) is 4.86. The van der Waals surface area contributed by atoms with Gasteiger partial charge in [0.1, 0.15) is 5.75 Å². The average molecular weight is 465 g/mol. The SMILES string of the molecule is CCC(CC)CNC(=O)c1ccc2c(c1)c(Cc1ccc(C(=O)OC)cc1OC)cn2C(C)C. The van der Waals surface area contributed by atoms with Crippen molar-refractivity contribution >= 4 is 22.8 Å². The number of nitrogens with one attached hydrogen (secondary N) is 1. The molecule has 3 rings (SSSR count). The van der Waals surface area contributed by atoms with E-state index in [0.29, 0.717) is 35.8 Å². The number of carbonyl (C=O) groups is 2. The first-order valence-corrected chi connectivity index (χ1v) is 12.0. The van der Waals surface area contributed by atoms with Gasteiger partial charge in [0, 0.05) is 41.7 Å². The molecule has 0 radical (unpaired) electrons. The van der Waals surface area contributed by atoms with Gasteiger partial charge in [-0.1, -0.05) is 32.8 Å². The van der Waals surface area contributed by atoms with Crippen molar-refractivity contribution in [1.29, 1.82) is 0 Å². The summed E-state index contributed by atoms with van der Waals surface area (Å²) in [6.45, 7) is 9.28. The van der Waals surface area contributed by atoms with Gasteiger partial charge in [-0.2, -0.15) is 0 Å². The number of hydrogen-bond acceptors (Lipinski definition) is 4. The number of ether oxygens (including phenoxy) is 2. The first-order chi connectivity index (χ1) is 16.3. The molecule has 182 valence electrons. The zero-order valence-electron chi connectivity index (χ0n) is 21.1. The molecule has 0 aliphatic carbocycles. The Morgan fingerprint density at radius 2 is 1.68 bits per heavy atom. The summed E-state index contributed by atoms with van der Waals surface area (Å²) < 4.78 is 12.6. The number of rotatable bonds is 10. The Hall–Kier alpha value is -3.28. The summed E-state index contributed by atoms with van der Waals surface area (Å²) in [7, 11) is 2.96. The van der Waals surface area contributed by atoms with E-state index in [1.54, 1.807) is 19.2 Å². The van der Waals surface area contributed by atoms with Crippen LogP contribution < -0.4 is 10.1 Å². The fourth-order valence-corrected chi connectivity index (χ4v) is 4.29. The average Bonchev–Trinajstić information content (AvgIpc) is 3.22. The highest BCUT2D eigenvalue weighted by molar-refractivity contribution is 5.99. The summed E-state index contributed by atoms with van der Waals surface area (Å²) in [5.74, 6) is 0.681. The molecule has 0 saturated carbocycles. The summed E-state index contributed by atoms with van der Waals surface area (Å²) in [4.78, 5) is 24.8. The van der Waals surface area contributed by atoms with Gasteiger partial charge in [-0.3, -0.25) is 4.79 Å². The summed E-state index contributed by atoms with van der Waals surface area (Å²) in [6, 6.07) is 11.6. The third-order valence-corrected chi connectivity index (χ3v) is 6.53. The molecule has 3 aromatic rings. The van der Waals surface area contributed by atoms with Crippen molar-refractivity contribution in [2.45, 2.75) is 53.0 Å². The Balaban J connectivity index is 1.98. The second kappa shape index (κ2) is 11.2. The molecular weight excluding hydrogens is 428 g/mol. The lowest BCUT2D eigenvalue weighted by molar-refractivity contribution is 0.0600. The fraction of sp³-hybridized carbons (Fsp3) is 0.429. The quantitative estimate of drug-likeness (QED) is 0.387. The number of fused-ring (bicyclic) bond motifs is 1. The van der Waals surface area contributed by atoms with Crippen molar-refractivity contribution in [2.75, 3.05) is 20.8 Å². The molecule has 0 unspecified atom stereocenters. The van der Waals surface area contributed by atoms with Gasteiger partial charge in [-0.05, 0) is 61.2 Å². The first-order valence-electron chi connectivity index (χ1n) is 12.0. The Morgan fingerprint density at radius 3 is 2.29 bits per heavy atom. The summed E-state index contributed by atoms with van der Waals surface area (Å²) in [5, 5.41) is 4.14. The standard InChI is InChI=1S/C28H36N2O4/c1-7-19(8-2)16-29-27(31)21-11-12-25-24(14-21)23(17-30(25)18(3)4)13-20-9-10-22(28(32)34-6)15-26(20)33-5/h9-12,14-15,17-19H,7-8,13,16H2,1-6H3,(H,29,31). The van der Waals surface area contributed by atoms with Crippen LogP contribution in [0, 0.1) is 5.92 Å². The minimum absolute atomic E-state index is 0.0444. The molecule has 2 aromatic carbocycles. The van der Waals surface area contributed by atoms with E-state index in [-0.39, 0.29) is 11.9 Å². The zero-order valence-corrected chi connectivity index (χ0v) is 21.1. The molecule has 1 aromatic heterocycles. The van der Waals surface area contributed by atoms with Crippen LogP contribution in [-0.2, 0) is 11.2 Å². The van der Waals surface area contributed by atoms with Crippen molar-refractivity contribution in [3.8, 4) is 5.75 Å². The molecule has 34 heavy (non-hydrogen) atoms. The number of methoxy groups -OCH3 is 2. The van der Waals surface area contributed by atoms with Crippen LogP contribution >= 0.6 is 0 Å². The molecule has 0 saturated heterocycles. The van der Waals surface area contributed by atoms with Gasteiger partial charge in [0.05, 0.1) is 19.8 Å². The molecular formula is C28H36N2O4. The number of amides is 1. The molecule has 0 atom stereocenters. The largest absolute Gasteiger partial charge is 0.496 e. The first kappa shape index (κ1) is 25.3. The van der Waals surface area contributed by atoms with Gasteiger partial charge in [0.25, 0.3) is 5.91 Å². The number of esters is 1. The van der Waals surface area contributed by atoms with E-state index in [1.165, 1.54) is 7.11 Å². The third-order valence-electron chi connectivity index (χ3n) is 6.53. The minimum atomic E-state index is -0.398. The molecule has 0 aliphatic heterocycles. The number of hydrogen-bond donors (Lipinski definition) is 1. The lowest BCUT2D eigenvalue weighted by Gasteiger charge is -2.14. The molecule has 0 aliphatic rings. The minimum Gasteiger partial charge on any atom is -0.496 e. The molecule has 1 heterocycles. The summed E-state index contributed by atoms with van der Waals surface area (Å²) in [5.41, 5.74) is 4.26. The summed E-state index contributed by atoms with van der Waals surface area (Å²) >= 11 is 0. The molecule has 0 spiro atoms. The predicted octanol–water partition coefficient (Wildman–Crippen LogP) is 5.77. The van der Waals surface area contributed by atoms with E-state index in [4.69, 9.17) is 9.47 Å². The van der Waals surface area contributed by atoms with Crippen LogP contribution in [0.1, 0.15) is 78.4 Å². The van der Waals surface area contributed by atoms with E-state index < -0.39 is 5.97 Å². The molecule has 0 fully saturated rings. The van der Waals surface area contributed by atoms with E-state index in [9.17, 15) is 9.59 Å². The zero-order chi connectivity index (χ0) is 24.8. The van der Waals surface area contributed by atoms with Crippen LogP contribution in [0.25, 0.3) is 10.9 Å². The van der Waals surface area contributed by atoms with Crippen molar-refractivity contribution in [1.82, 2.24) is 9.88 Å². The van der Waals surface area contributed by atoms with Gasteiger partial charge in [0.15, 0.2) is 0 Å². The van der Waals surface area contributed by atoms with Crippen LogP contribution in [0.5, 0.6) is 5.75 Å². The highest BCUT2D eigenvalue weighted by Gasteiger charge is 2.17. The van der Waals surface area contributed by atoms with Crippen molar-refractivity contribution < 1.29 is 19.1 Å². The van der Waals surface area contributed by atoms with Gasteiger partial charge < -0.3 is 19.4 Å². The number of aromatic nitrogens is 1. The highest BCUT2D eigenvalue weighted by Crippen LogP contribution is 2.31. The second-order valence-electron chi connectivity index (χ2n) is 8.97. The second-order valence-corrected chi connectivity index (χ2v) is 8.97. The molecule has 6 nitrogen and oxygen atoms in total. The number of nitrogens with zero attached hydrogens (tertiary/aromatic N) is 1. The van der Waals surface area contributed by atoms with Gasteiger partial charge in [0.2, 0.25) is 0 Å². The Labute approximate surface area is 202 Å². The molecule has 1 amide bonds. The van der Waals surface area contributed by atoms with Crippen molar-refractivity contribution in [3.63, 3.8) is 0 Å². The van der Waals surface area contributed by atoms with E-state index in [2.05, 4.69) is 43.8 Å². The fourth-order valence-electron chi connectivity index (χ4n) is 4.29. The third kappa shape index (κ3) is 5.44. The van der Waals surface area contributed by atoms with Crippen LogP contribution in [0.3, 0.4) is 0 Å². The Kier molecular flexibility index (Phi) is 8.37. The van der Waals surface area contributed by atoms with Gasteiger partial charge in [-0.15, -0.1) is 0 Å². The molecule has 0 bridgehead atoms. The lowest BCUT2D eigenvalue weighted by Crippen LogP contribution is -2.28. The van der Waals surface area contributed by atoms with Crippen LogP contribution in [0.4, 0.5) is 0 Å². The van der Waals surface area contributed by atoms with E-state index >= 15 is 0 Å².